The monoisotopic (exact) mass is 469 g/mol. The summed E-state index contributed by atoms with van der Waals surface area (Å²) in [6, 6.07) is 23.2. The van der Waals surface area contributed by atoms with Gasteiger partial charge in [0.15, 0.2) is 11.0 Å². The molecule has 0 unspecified atom stereocenters. The van der Waals surface area contributed by atoms with Gasteiger partial charge < -0.3 is 9.40 Å². The molecule has 166 valence electrons. The van der Waals surface area contributed by atoms with Crippen molar-refractivity contribution in [2.75, 3.05) is 0 Å². The van der Waals surface area contributed by atoms with Crippen molar-refractivity contribution in [2.24, 2.45) is 0 Å². The molecule has 0 spiro atoms. The van der Waals surface area contributed by atoms with E-state index in [9.17, 15) is 9.18 Å². The van der Waals surface area contributed by atoms with Crippen LogP contribution in [0.2, 0.25) is 0 Å². The maximum atomic E-state index is 13.5. The van der Waals surface area contributed by atoms with E-state index in [-0.39, 0.29) is 17.0 Å². The van der Waals surface area contributed by atoms with E-state index in [0.29, 0.717) is 33.7 Å². The first kappa shape index (κ1) is 20.4. The third kappa shape index (κ3) is 3.56. The van der Waals surface area contributed by atoms with E-state index in [4.69, 9.17) is 4.42 Å². The predicted molar refractivity (Wildman–Crippen MR) is 128 cm³/mol. The number of rotatable bonds is 5. The Morgan fingerprint density at radius 1 is 0.941 bits per heavy atom. The van der Waals surface area contributed by atoms with Crippen LogP contribution in [0.25, 0.3) is 39.1 Å². The van der Waals surface area contributed by atoms with Crippen molar-refractivity contribution in [1.82, 2.24) is 24.7 Å². The highest BCUT2D eigenvalue weighted by molar-refractivity contribution is 7.98. The Bertz CT molecular complexity index is 1690. The van der Waals surface area contributed by atoms with Gasteiger partial charge in [0.1, 0.15) is 22.7 Å². The lowest BCUT2D eigenvalue weighted by Gasteiger charge is -2.10. The number of furan rings is 1. The number of thioether (sulfide) groups is 1. The number of benzene rings is 3. The van der Waals surface area contributed by atoms with Crippen molar-refractivity contribution < 1.29 is 8.81 Å². The first-order valence-corrected chi connectivity index (χ1v) is 11.5. The molecule has 6 aromatic rings. The predicted octanol–water partition coefficient (Wildman–Crippen LogP) is 5.35. The van der Waals surface area contributed by atoms with E-state index in [1.165, 1.54) is 23.9 Å². The third-order valence-corrected chi connectivity index (χ3v) is 6.31. The zero-order chi connectivity index (χ0) is 23.1. The molecule has 3 aromatic carbocycles. The van der Waals surface area contributed by atoms with E-state index < -0.39 is 0 Å². The van der Waals surface area contributed by atoms with E-state index in [1.807, 2.05) is 59.2 Å². The molecule has 0 aliphatic carbocycles. The van der Waals surface area contributed by atoms with E-state index in [0.717, 1.165) is 16.6 Å². The minimum absolute atomic E-state index is 0.209. The Hall–Kier alpha value is -4.24. The quantitative estimate of drug-likeness (QED) is 0.343. The molecule has 0 bridgehead atoms. The Morgan fingerprint density at radius 3 is 2.53 bits per heavy atom. The molecule has 0 atom stereocenters. The van der Waals surface area contributed by atoms with Crippen LogP contribution in [-0.4, -0.2) is 24.7 Å². The molecule has 0 aliphatic heterocycles. The summed E-state index contributed by atoms with van der Waals surface area (Å²) in [6.07, 6.45) is 0. The normalized spacial score (nSPS) is 11.4. The van der Waals surface area contributed by atoms with Crippen LogP contribution in [-0.2, 0) is 5.75 Å². The van der Waals surface area contributed by atoms with Crippen LogP contribution in [0.5, 0.6) is 0 Å². The summed E-state index contributed by atoms with van der Waals surface area (Å²) in [7, 11) is 0. The van der Waals surface area contributed by atoms with Crippen molar-refractivity contribution in [2.45, 2.75) is 10.9 Å². The molecule has 7 nitrogen and oxygen atoms in total. The van der Waals surface area contributed by atoms with Crippen LogP contribution in [0.3, 0.4) is 0 Å². The van der Waals surface area contributed by atoms with E-state index in [2.05, 4.69) is 20.2 Å². The summed E-state index contributed by atoms with van der Waals surface area (Å²) in [5.41, 5.74) is 2.64. The molecule has 0 saturated carbocycles. The number of halogens is 1. The smallest absolute Gasteiger partial charge is 0.294 e. The molecule has 6 rings (SSSR count). The number of H-pyrrole nitrogens is 1. The summed E-state index contributed by atoms with van der Waals surface area (Å²) < 4.78 is 21.0. The van der Waals surface area contributed by atoms with Gasteiger partial charge in [-0.1, -0.05) is 42.1 Å². The second-order valence-corrected chi connectivity index (χ2v) is 8.50. The first-order chi connectivity index (χ1) is 16.7. The second-order valence-electron chi connectivity index (χ2n) is 7.56. The SMILES string of the molecule is O=c1[nH]c(CSc2nnc(-c3ccc(F)cc3)n2-c2ccccc2)nc2c1oc1ccccc12. The lowest BCUT2D eigenvalue weighted by molar-refractivity contribution is 0.628. The second kappa shape index (κ2) is 8.27. The molecule has 34 heavy (non-hydrogen) atoms. The lowest BCUT2D eigenvalue weighted by atomic mass is 10.2. The molecular formula is C25H16FN5O2S. The number of aromatic nitrogens is 5. The number of hydrogen-bond donors (Lipinski definition) is 1. The molecule has 0 amide bonds. The van der Waals surface area contributed by atoms with Gasteiger partial charge in [0.05, 0.1) is 5.75 Å². The van der Waals surface area contributed by atoms with Crippen LogP contribution >= 0.6 is 11.8 Å². The van der Waals surface area contributed by atoms with Crippen molar-refractivity contribution in [3.8, 4) is 17.1 Å². The zero-order valence-electron chi connectivity index (χ0n) is 17.6. The fraction of sp³-hybridized carbons (Fsp3) is 0.0400. The summed E-state index contributed by atoms with van der Waals surface area (Å²) in [6.45, 7) is 0. The molecular weight excluding hydrogens is 453 g/mol. The Morgan fingerprint density at radius 2 is 1.71 bits per heavy atom. The molecule has 3 aromatic heterocycles. The summed E-state index contributed by atoms with van der Waals surface area (Å²) >= 11 is 1.39. The van der Waals surface area contributed by atoms with E-state index >= 15 is 0 Å². The van der Waals surface area contributed by atoms with Gasteiger partial charge in [-0.05, 0) is 48.5 Å². The highest BCUT2D eigenvalue weighted by atomic mass is 32.2. The van der Waals surface area contributed by atoms with Gasteiger partial charge in [-0.3, -0.25) is 9.36 Å². The maximum absolute atomic E-state index is 13.5. The molecule has 0 aliphatic rings. The lowest BCUT2D eigenvalue weighted by Crippen LogP contribution is -2.10. The number of para-hydroxylation sites is 2. The van der Waals surface area contributed by atoms with Crippen molar-refractivity contribution >= 4 is 33.8 Å². The molecule has 0 fully saturated rings. The highest BCUT2D eigenvalue weighted by Gasteiger charge is 2.18. The van der Waals surface area contributed by atoms with Gasteiger partial charge in [0.25, 0.3) is 5.56 Å². The van der Waals surface area contributed by atoms with Crippen molar-refractivity contribution in [1.29, 1.82) is 0 Å². The maximum Gasteiger partial charge on any atom is 0.294 e. The van der Waals surface area contributed by atoms with Crippen molar-refractivity contribution in [3.63, 3.8) is 0 Å². The first-order valence-electron chi connectivity index (χ1n) is 10.5. The van der Waals surface area contributed by atoms with Gasteiger partial charge in [0.2, 0.25) is 5.58 Å². The van der Waals surface area contributed by atoms with Crippen LogP contribution in [0.1, 0.15) is 5.82 Å². The number of aromatic amines is 1. The van der Waals surface area contributed by atoms with E-state index in [1.54, 1.807) is 12.1 Å². The molecule has 3 heterocycles. The van der Waals surface area contributed by atoms with Crippen molar-refractivity contribution in [3.05, 3.63) is 101 Å². The van der Waals surface area contributed by atoms with Crippen LogP contribution in [0, 0.1) is 5.82 Å². The molecule has 0 saturated heterocycles. The molecule has 0 radical (unpaired) electrons. The molecule has 9 heteroatoms. The van der Waals surface area contributed by atoms with Gasteiger partial charge >= 0.3 is 0 Å². The molecule has 1 N–H and O–H groups in total. The highest BCUT2D eigenvalue weighted by Crippen LogP contribution is 2.30. The van der Waals surface area contributed by atoms with Crippen LogP contribution in [0.15, 0.2) is 93.2 Å². The van der Waals surface area contributed by atoms with Gasteiger partial charge in [-0.25, -0.2) is 9.37 Å². The van der Waals surface area contributed by atoms with Gasteiger partial charge in [-0.2, -0.15) is 0 Å². The minimum atomic E-state index is -0.326. The Kier molecular flexibility index (Phi) is 4.96. The zero-order valence-corrected chi connectivity index (χ0v) is 18.4. The summed E-state index contributed by atoms with van der Waals surface area (Å²) in [5, 5.41) is 10.2. The largest absolute Gasteiger partial charge is 0.449 e. The topological polar surface area (TPSA) is 89.6 Å². The fourth-order valence-electron chi connectivity index (χ4n) is 3.81. The third-order valence-electron chi connectivity index (χ3n) is 5.37. The Balaban J connectivity index is 1.39. The number of fused-ring (bicyclic) bond motifs is 3. The number of nitrogens with zero attached hydrogens (tertiary/aromatic N) is 4. The van der Waals surface area contributed by atoms with Gasteiger partial charge in [0, 0.05) is 16.6 Å². The minimum Gasteiger partial charge on any atom is -0.449 e. The summed E-state index contributed by atoms with van der Waals surface area (Å²) in [4.78, 5) is 20.1. The average molecular weight is 470 g/mol. The number of hydrogen-bond acceptors (Lipinski definition) is 6. The van der Waals surface area contributed by atoms with Crippen LogP contribution < -0.4 is 5.56 Å². The Labute approximate surface area is 196 Å². The standard InChI is InChI=1S/C25H16FN5O2S/c26-16-12-10-15(11-13-16)23-29-30-25(31(23)17-6-2-1-3-7-17)34-14-20-27-21-18-8-4-5-9-19(18)33-22(21)24(32)28-20/h1-13H,14H2,(H,27,28,32). The van der Waals surface area contributed by atoms with Gasteiger partial charge in [-0.15, -0.1) is 10.2 Å². The number of nitrogens with one attached hydrogen (secondary N) is 1. The average Bonchev–Trinajstić information content (AvgIpc) is 3.46. The van der Waals surface area contributed by atoms with Crippen LogP contribution in [0.4, 0.5) is 4.39 Å². The summed E-state index contributed by atoms with van der Waals surface area (Å²) in [5.74, 6) is 1.13. The fourth-order valence-corrected chi connectivity index (χ4v) is 4.63.